The standard InChI is InChI=1S/C16H22N4S/c1-5-8-17-10-14-7-6-9-18-15(14)21-16-19-12(3)11(2)13(4)20-16/h6-7,9,17H,5,8,10H2,1-4H3. The molecule has 21 heavy (non-hydrogen) atoms. The number of aryl methyl sites for hydroxylation is 2. The van der Waals surface area contributed by atoms with E-state index in [1.807, 2.05) is 26.1 Å². The summed E-state index contributed by atoms with van der Waals surface area (Å²) in [5, 5.41) is 5.16. The molecule has 2 heterocycles. The minimum Gasteiger partial charge on any atom is -0.313 e. The molecule has 5 heteroatoms. The zero-order chi connectivity index (χ0) is 15.2. The van der Waals surface area contributed by atoms with Gasteiger partial charge in [-0.05, 0) is 62.7 Å². The number of hydrogen-bond donors (Lipinski definition) is 1. The van der Waals surface area contributed by atoms with Gasteiger partial charge < -0.3 is 5.32 Å². The second-order valence-corrected chi connectivity index (χ2v) is 6.00. The Hall–Kier alpha value is -1.46. The molecule has 0 aromatic carbocycles. The van der Waals surface area contributed by atoms with Crippen molar-refractivity contribution in [2.24, 2.45) is 0 Å². The maximum atomic E-state index is 4.56. The third-order valence-electron chi connectivity index (χ3n) is 3.39. The van der Waals surface area contributed by atoms with Crippen molar-refractivity contribution in [3.05, 3.63) is 40.8 Å². The first-order chi connectivity index (χ1) is 10.1. The SMILES string of the molecule is CCCNCc1cccnc1Sc1nc(C)c(C)c(C)n1. The van der Waals surface area contributed by atoms with Gasteiger partial charge in [0, 0.05) is 24.1 Å². The van der Waals surface area contributed by atoms with Crippen LogP contribution in [0.15, 0.2) is 28.5 Å². The van der Waals surface area contributed by atoms with Crippen molar-refractivity contribution in [1.29, 1.82) is 0 Å². The van der Waals surface area contributed by atoms with Gasteiger partial charge >= 0.3 is 0 Å². The molecule has 2 aromatic rings. The van der Waals surface area contributed by atoms with Crippen molar-refractivity contribution in [3.8, 4) is 0 Å². The number of hydrogen-bond acceptors (Lipinski definition) is 5. The molecule has 2 aromatic heterocycles. The summed E-state index contributed by atoms with van der Waals surface area (Å²) in [6.07, 6.45) is 2.95. The van der Waals surface area contributed by atoms with Crippen molar-refractivity contribution >= 4 is 11.8 Å². The molecule has 1 N–H and O–H groups in total. The maximum absolute atomic E-state index is 4.56. The molecule has 0 radical (unpaired) electrons. The third-order valence-corrected chi connectivity index (χ3v) is 4.32. The Bertz CT molecular complexity index is 590. The fourth-order valence-electron chi connectivity index (χ4n) is 1.92. The summed E-state index contributed by atoms with van der Waals surface area (Å²) in [6, 6.07) is 4.07. The summed E-state index contributed by atoms with van der Waals surface area (Å²) < 4.78 is 0. The second-order valence-electron chi connectivity index (χ2n) is 5.05. The zero-order valence-electron chi connectivity index (χ0n) is 13.1. The van der Waals surface area contributed by atoms with Crippen LogP contribution in [0.1, 0.15) is 35.9 Å². The quantitative estimate of drug-likeness (QED) is 0.654. The van der Waals surface area contributed by atoms with E-state index in [1.54, 1.807) is 0 Å². The smallest absolute Gasteiger partial charge is 0.194 e. The molecule has 0 aliphatic rings. The van der Waals surface area contributed by atoms with Crippen LogP contribution in [0.3, 0.4) is 0 Å². The van der Waals surface area contributed by atoms with Crippen LogP contribution in [-0.2, 0) is 6.54 Å². The van der Waals surface area contributed by atoms with Gasteiger partial charge in [0.05, 0.1) is 0 Å². The van der Waals surface area contributed by atoms with E-state index in [2.05, 4.69) is 40.2 Å². The van der Waals surface area contributed by atoms with Crippen molar-refractivity contribution in [1.82, 2.24) is 20.3 Å². The lowest BCUT2D eigenvalue weighted by molar-refractivity contribution is 0.665. The highest BCUT2D eigenvalue weighted by Crippen LogP contribution is 2.27. The lowest BCUT2D eigenvalue weighted by Gasteiger charge is -2.10. The van der Waals surface area contributed by atoms with Crippen LogP contribution in [0.5, 0.6) is 0 Å². The van der Waals surface area contributed by atoms with Gasteiger partial charge in [-0.1, -0.05) is 13.0 Å². The molecule has 0 fully saturated rings. The Morgan fingerprint density at radius 1 is 1.14 bits per heavy atom. The molecule has 0 aliphatic heterocycles. The van der Waals surface area contributed by atoms with Crippen LogP contribution >= 0.6 is 11.8 Å². The Balaban J connectivity index is 2.19. The first kappa shape index (κ1) is 15.9. The van der Waals surface area contributed by atoms with Crippen LogP contribution in [0.2, 0.25) is 0 Å². The monoisotopic (exact) mass is 302 g/mol. The third kappa shape index (κ3) is 4.25. The second kappa shape index (κ2) is 7.52. The molecule has 112 valence electrons. The van der Waals surface area contributed by atoms with Crippen molar-refractivity contribution < 1.29 is 0 Å². The average Bonchev–Trinajstić information content (AvgIpc) is 2.47. The molecule has 0 spiro atoms. The maximum Gasteiger partial charge on any atom is 0.194 e. The summed E-state index contributed by atoms with van der Waals surface area (Å²) in [4.78, 5) is 13.6. The molecule has 0 saturated carbocycles. The summed E-state index contributed by atoms with van der Waals surface area (Å²) in [6.45, 7) is 10.1. The highest BCUT2D eigenvalue weighted by molar-refractivity contribution is 7.99. The summed E-state index contributed by atoms with van der Waals surface area (Å²) in [5.74, 6) is 0. The Labute approximate surface area is 130 Å². The number of nitrogens with one attached hydrogen (secondary N) is 1. The fraction of sp³-hybridized carbons (Fsp3) is 0.438. The van der Waals surface area contributed by atoms with E-state index < -0.39 is 0 Å². The highest BCUT2D eigenvalue weighted by atomic mass is 32.2. The van der Waals surface area contributed by atoms with Crippen molar-refractivity contribution in [2.45, 2.75) is 50.8 Å². The number of aromatic nitrogens is 3. The predicted octanol–water partition coefficient (Wildman–Crippen LogP) is 3.45. The summed E-state index contributed by atoms with van der Waals surface area (Å²) >= 11 is 1.54. The van der Waals surface area contributed by atoms with E-state index in [1.165, 1.54) is 17.3 Å². The Kier molecular flexibility index (Phi) is 5.70. The van der Waals surface area contributed by atoms with E-state index in [9.17, 15) is 0 Å². The molecule has 0 amide bonds. The average molecular weight is 302 g/mol. The minimum absolute atomic E-state index is 0.769. The van der Waals surface area contributed by atoms with Crippen LogP contribution in [0, 0.1) is 20.8 Å². The van der Waals surface area contributed by atoms with E-state index >= 15 is 0 Å². The zero-order valence-corrected chi connectivity index (χ0v) is 13.9. The van der Waals surface area contributed by atoms with E-state index in [4.69, 9.17) is 0 Å². The largest absolute Gasteiger partial charge is 0.313 e. The van der Waals surface area contributed by atoms with Gasteiger partial charge in [0.2, 0.25) is 0 Å². The van der Waals surface area contributed by atoms with Gasteiger partial charge in [0.25, 0.3) is 0 Å². The Morgan fingerprint density at radius 3 is 2.52 bits per heavy atom. The van der Waals surface area contributed by atoms with Gasteiger partial charge in [0.1, 0.15) is 5.03 Å². The minimum atomic E-state index is 0.769. The van der Waals surface area contributed by atoms with Crippen LogP contribution < -0.4 is 5.32 Å². The number of nitrogens with zero attached hydrogens (tertiary/aromatic N) is 3. The van der Waals surface area contributed by atoms with Gasteiger partial charge in [-0.15, -0.1) is 0 Å². The van der Waals surface area contributed by atoms with Crippen LogP contribution in [0.25, 0.3) is 0 Å². The Morgan fingerprint density at radius 2 is 1.86 bits per heavy atom. The van der Waals surface area contributed by atoms with Crippen LogP contribution in [-0.4, -0.2) is 21.5 Å². The first-order valence-corrected chi connectivity index (χ1v) is 8.07. The molecular weight excluding hydrogens is 280 g/mol. The van der Waals surface area contributed by atoms with Gasteiger partial charge in [0.15, 0.2) is 5.16 Å². The predicted molar refractivity (Wildman–Crippen MR) is 86.6 cm³/mol. The lowest BCUT2D eigenvalue weighted by atomic mass is 10.2. The molecule has 0 unspecified atom stereocenters. The number of rotatable bonds is 6. The highest BCUT2D eigenvalue weighted by Gasteiger charge is 2.10. The molecule has 0 bridgehead atoms. The van der Waals surface area contributed by atoms with Crippen molar-refractivity contribution in [2.75, 3.05) is 6.54 Å². The molecule has 0 aliphatic carbocycles. The molecule has 0 saturated heterocycles. The molecule has 4 nitrogen and oxygen atoms in total. The normalized spacial score (nSPS) is 10.9. The molecular formula is C16H22N4S. The van der Waals surface area contributed by atoms with E-state index in [0.717, 1.165) is 46.6 Å². The first-order valence-electron chi connectivity index (χ1n) is 7.26. The molecule has 2 rings (SSSR count). The van der Waals surface area contributed by atoms with E-state index in [0.29, 0.717) is 0 Å². The summed E-state index contributed by atoms with van der Waals surface area (Å²) in [5.41, 5.74) is 4.42. The summed E-state index contributed by atoms with van der Waals surface area (Å²) in [7, 11) is 0. The fourth-order valence-corrected chi connectivity index (χ4v) is 2.85. The van der Waals surface area contributed by atoms with E-state index in [-0.39, 0.29) is 0 Å². The number of pyridine rings is 1. The van der Waals surface area contributed by atoms with Gasteiger partial charge in [-0.3, -0.25) is 0 Å². The van der Waals surface area contributed by atoms with Crippen molar-refractivity contribution in [3.63, 3.8) is 0 Å². The lowest BCUT2D eigenvalue weighted by Crippen LogP contribution is -2.14. The topological polar surface area (TPSA) is 50.7 Å². The molecule has 0 atom stereocenters. The van der Waals surface area contributed by atoms with Gasteiger partial charge in [-0.2, -0.15) is 0 Å². The van der Waals surface area contributed by atoms with Crippen LogP contribution in [0.4, 0.5) is 0 Å². The van der Waals surface area contributed by atoms with Gasteiger partial charge in [-0.25, -0.2) is 15.0 Å².